The molecule has 44 heavy (non-hydrogen) atoms. The van der Waals surface area contributed by atoms with E-state index in [1.165, 1.54) is 12.5 Å². The molecule has 0 spiro atoms. The number of nitrogens with one attached hydrogen (secondary N) is 2. The summed E-state index contributed by atoms with van der Waals surface area (Å²) in [4.78, 5) is 32.7. The van der Waals surface area contributed by atoms with E-state index in [1.54, 1.807) is 24.3 Å². The molecule has 0 saturated carbocycles. The lowest BCUT2D eigenvalue weighted by Gasteiger charge is -2.33. The summed E-state index contributed by atoms with van der Waals surface area (Å²) in [5.74, 6) is 3.38. The number of aliphatic imine (C=N–C) groups is 1. The van der Waals surface area contributed by atoms with Gasteiger partial charge in [-0.1, -0.05) is 19.6 Å². The van der Waals surface area contributed by atoms with Gasteiger partial charge >= 0.3 is 0 Å². The second-order valence-electron chi connectivity index (χ2n) is 11.2. The van der Waals surface area contributed by atoms with Crippen molar-refractivity contribution in [1.82, 2.24) is 19.9 Å². The predicted octanol–water partition coefficient (Wildman–Crippen LogP) is 6.52. The van der Waals surface area contributed by atoms with Crippen molar-refractivity contribution in [1.29, 1.82) is 5.41 Å². The number of pyridine rings is 1. The molecule has 0 radical (unpaired) electrons. The fraction of sp³-hybridized carbons (Fsp3) is 0.353. The monoisotopic (exact) mass is 593 g/mol. The second-order valence-corrected chi connectivity index (χ2v) is 11.2. The van der Waals surface area contributed by atoms with Crippen LogP contribution in [-0.4, -0.2) is 58.0 Å². The Morgan fingerprint density at radius 3 is 2.89 bits per heavy atom. The maximum Gasteiger partial charge on any atom is 0.246 e. The Balaban J connectivity index is 1.42. The third-order valence-corrected chi connectivity index (χ3v) is 8.30. The van der Waals surface area contributed by atoms with E-state index in [0.717, 1.165) is 54.8 Å². The van der Waals surface area contributed by atoms with Gasteiger partial charge in [0.1, 0.15) is 35.4 Å². The molecule has 2 aliphatic rings. The first-order chi connectivity index (χ1) is 21.4. The second kappa shape index (κ2) is 14.1. The molecule has 3 aromatic rings. The highest BCUT2D eigenvalue weighted by Crippen LogP contribution is 2.40. The number of amides is 1. The van der Waals surface area contributed by atoms with Gasteiger partial charge in [-0.05, 0) is 81.0 Å². The van der Waals surface area contributed by atoms with Crippen LogP contribution in [0.15, 0.2) is 72.2 Å². The Hall–Kier alpha value is -4.86. The minimum absolute atomic E-state index is 0.0679. The van der Waals surface area contributed by atoms with Crippen LogP contribution in [0.25, 0.3) is 11.0 Å². The lowest BCUT2D eigenvalue weighted by molar-refractivity contribution is -0.127. The molecular formula is C34H39N7O3. The van der Waals surface area contributed by atoms with Gasteiger partial charge < -0.3 is 19.7 Å². The van der Waals surface area contributed by atoms with Crippen molar-refractivity contribution in [2.75, 3.05) is 25.0 Å². The lowest BCUT2D eigenvalue weighted by atomic mass is 9.81. The Morgan fingerprint density at radius 2 is 2.11 bits per heavy atom. The van der Waals surface area contributed by atoms with E-state index in [-0.39, 0.29) is 17.7 Å². The number of anilines is 2. The summed E-state index contributed by atoms with van der Waals surface area (Å²) in [5, 5.41) is 10.4. The first kappa shape index (κ1) is 30.6. The van der Waals surface area contributed by atoms with Gasteiger partial charge in [0.25, 0.3) is 0 Å². The van der Waals surface area contributed by atoms with E-state index in [9.17, 15) is 4.79 Å². The minimum atomic E-state index is 0.0679. The van der Waals surface area contributed by atoms with Gasteiger partial charge in [0.2, 0.25) is 5.91 Å². The van der Waals surface area contributed by atoms with Crippen LogP contribution >= 0.6 is 0 Å². The minimum Gasteiger partial charge on any atom is -0.491 e. The van der Waals surface area contributed by atoms with Crippen LogP contribution in [0.3, 0.4) is 0 Å². The summed E-state index contributed by atoms with van der Waals surface area (Å²) >= 11 is 0. The average Bonchev–Trinajstić information content (AvgIpc) is 3.04. The van der Waals surface area contributed by atoms with Crippen molar-refractivity contribution in [3.8, 4) is 11.5 Å². The van der Waals surface area contributed by atoms with E-state index < -0.39 is 0 Å². The highest BCUT2D eigenvalue weighted by atomic mass is 16.5. The molecule has 2 aliphatic heterocycles. The molecule has 3 atom stereocenters. The van der Waals surface area contributed by atoms with E-state index in [1.807, 2.05) is 43.0 Å². The van der Waals surface area contributed by atoms with Crippen LogP contribution in [0, 0.1) is 24.2 Å². The number of hydrogen-bond acceptors (Lipinski definition) is 8. The number of aryl methyl sites for hydroxylation is 1. The molecule has 3 unspecified atom stereocenters. The maximum atomic E-state index is 12.8. The number of hydrogen-bond donors (Lipinski definition) is 2. The Bertz CT molecular complexity index is 1630. The van der Waals surface area contributed by atoms with Crippen LogP contribution in [0.1, 0.15) is 50.3 Å². The van der Waals surface area contributed by atoms with Crippen molar-refractivity contribution in [2.24, 2.45) is 16.8 Å². The van der Waals surface area contributed by atoms with Crippen LogP contribution in [0.4, 0.5) is 11.5 Å². The quantitative estimate of drug-likeness (QED) is 0.100. The molecule has 4 heterocycles. The number of nitrogens with zero attached hydrogens (tertiary/aromatic N) is 5. The zero-order chi connectivity index (χ0) is 31.1. The van der Waals surface area contributed by atoms with Crippen molar-refractivity contribution in [3.63, 3.8) is 0 Å². The first-order valence-electron chi connectivity index (χ1n) is 15.0. The number of aromatic nitrogens is 3. The van der Waals surface area contributed by atoms with E-state index in [0.29, 0.717) is 47.4 Å². The van der Waals surface area contributed by atoms with Gasteiger partial charge in [0.05, 0.1) is 17.8 Å². The van der Waals surface area contributed by atoms with Crippen molar-refractivity contribution in [2.45, 2.75) is 46.0 Å². The normalized spacial score (nSPS) is 20.7. The van der Waals surface area contributed by atoms with Crippen molar-refractivity contribution < 1.29 is 14.3 Å². The summed E-state index contributed by atoms with van der Waals surface area (Å²) < 4.78 is 12.4. The van der Waals surface area contributed by atoms with Gasteiger partial charge in [-0.15, -0.1) is 0 Å². The summed E-state index contributed by atoms with van der Waals surface area (Å²) in [6.07, 6.45) is 13.7. The van der Waals surface area contributed by atoms with Crippen LogP contribution in [-0.2, 0) is 4.79 Å². The molecule has 1 fully saturated rings. The fourth-order valence-electron chi connectivity index (χ4n) is 5.85. The molecule has 5 rings (SSSR count). The number of benzene rings is 1. The van der Waals surface area contributed by atoms with Crippen LogP contribution < -0.4 is 14.8 Å². The molecule has 2 aromatic heterocycles. The number of likely N-dealkylation sites (tertiary alicyclic amines) is 1. The molecule has 1 amide bonds. The van der Waals surface area contributed by atoms with Crippen LogP contribution in [0.2, 0.25) is 0 Å². The SMILES string of the molecule is C=C/C(=C\C=NC=N)Oc1ccc(Nc2ncnc3cc4c(nc23)C(C)C2CCC(CO4)CN(C(=O)/C=C/C)CC2)cc1C. The van der Waals surface area contributed by atoms with Gasteiger partial charge in [0.15, 0.2) is 5.82 Å². The molecule has 1 aromatic carbocycles. The number of ether oxygens (including phenoxy) is 2. The highest BCUT2D eigenvalue weighted by molar-refractivity contribution is 5.88. The van der Waals surface area contributed by atoms with Gasteiger partial charge in [0, 0.05) is 42.9 Å². The molecule has 0 aliphatic carbocycles. The van der Waals surface area contributed by atoms with E-state index >= 15 is 0 Å². The molecule has 10 heteroatoms. The molecule has 2 bridgehead atoms. The molecule has 1 saturated heterocycles. The topological polar surface area (TPSA) is 126 Å². The van der Waals surface area contributed by atoms with E-state index in [4.69, 9.17) is 19.9 Å². The Labute approximate surface area is 258 Å². The van der Waals surface area contributed by atoms with E-state index in [2.05, 4.69) is 33.8 Å². The summed E-state index contributed by atoms with van der Waals surface area (Å²) in [5.41, 5.74) is 4.02. The summed E-state index contributed by atoms with van der Waals surface area (Å²) in [6.45, 7) is 11.8. The highest BCUT2D eigenvalue weighted by Gasteiger charge is 2.32. The number of carbonyl (C=O) groups is 1. The van der Waals surface area contributed by atoms with Crippen molar-refractivity contribution >= 4 is 41.0 Å². The zero-order valence-corrected chi connectivity index (χ0v) is 25.5. The van der Waals surface area contributed by atoms with Crippen molar-refractivity contribution in [3.05, 3.63) is 78.5 Å². The number of rotatable bonds is 8. The third kappa shape index (κ3) is 7.02. The number of allylic oxidation sites excluding steroid dienone is 3. The standard InChI is InChI=1S/C34H39N7O3/c1-5-7-31(42)41-15-13-25-9-8-24(18-41)19-43-30-17-28-33(40-32(30)23(25)4)34(38-21-37-28)39-26-10-11-29(22(3)16-26)44-27(6-2)12-14-36-20-35/h5-7,10-12,14,16-17,20-21,23-25,35H,2,8-9,13,15,18-19H2,1,3-4H3,(H,37,38,39)/b7-5+,27-12+,35-20?,36-14?. The lowest BCUT2D eigenvalue weighted by Crippen LogP contribution is -2.39. The largest absolute Gasteiger partial charge is 0.491 e. The Kier molecular flexibility index (Phi) is 9.79. The number of carbonyl (C=O) groups excluding carboxylic acids is 1. The average molecular weight is 594 g/mol. The maximum absolute atomic E-state index is 12.8. The van der Waals surface area contributed by atoms with Crippen LogP contribution in [0.5, 0.6) is 11.5 Å². The van der Waals surface area contributed by atoms with Gasteiger partial charge in [-0.25, -0.2) is 19.9 Å². The third-order valence-electron chi connectivity index (χ3n) is 8.30. The van der Waals surface area contributed by atoms with Gasteiger partial charge in [-0.2, -0.15) is 0 Å². The molecule has 10 nitrogen and oxygen atoms in total. The molecule has 228 valence electrons. The number of fused-ring (bicyclic) bond motifs is 5. The smallest absolute Gasteiger partial charge is 0.246 e. The summed E-state index contributed by atoms with van der Waals surface area (Å²) in [7, 11) is 0. The zero-order valence-electron chi connectivity index (χ0n) is 25.5. The van der Waals surface area contributed by atoms with Gasteiger partial charge in [-0.3, -0.25) is 10.2 Å². The first-order valence-corrected chi connectivity index (χ1v) is 15.0. The summed E-state index contributed by atoms with van der Waals surface area (Å²) in [6, 6.07) is 7.75. The Morgan fingerprint density at radius 1 is 1.25 bits per heavy atom. The molecule has 2 N–H and O–H groups in total. The predicted molar refractivity (Wildman–Crippen MR) is 174 cm³/mol. The fourth-order valence-corrected chi connectivity index (χ4v) is 5.85. The molecular weight excluding hydrogens is 554 g/mol.